The number of halogens is 1. The van der Waals surface area contributed by atoms with Crippen LogP contribution in [0.3, 0.4) is 0 Å². The van der Waals surface area contributed by atoms with Crippen LogP contribution < -0.4 is 5.32 Å². The van der Waals surface area contributed by atoms with Gasteiger partial charge in [0, 0.05) is 17.8 Å². The van der Waals surface area contributed by atoms with Gasteiger partial charge in [0.25, 0.3) is 0 Å². The topological polar surface area (TPSA) is 81.1 Å². The number of nitrogens with zero attached hydrogens (tertiary/aromatic N) is 2. The molecule has 1 aliphatic heterocycles. The fraction of sp³-hybridized carbons (Fsp3) is 0.333. The number of benzene rings is 1. The molecule has 1 aromatic heterocycles. The van der Waals surface area contributed by atoms with Crippen molar-refractivity contribution in [1.82, 2.24) is 15.1 Å². The molecule has 0 aliphatic carbocycles. The molecule has 1 fully saturated rings. The maximum Gasteiger partial charge on any atom is 0.241 e. The van der Waals surface area contributed by atoms with Gasteiger partial charge < -0.3 is 5.32 Å². The number of hydrogen-bond donors (Lipinski definition) is 1. The van der Waals surface area contributed by atoms with Crippen LogP contribution in [0.4, 0.5) is 4.39 Å². The van der Waals surface area contributed by atoms with Gasteiger partial charge in [-0.2, -0.15) is 5.10 Å². The third-order valence-corrected chi connectivity index (χ3v) is 5.45. The highest BCUT2D eigenvalue weighted by Gasteiger charge is 2.28. The van der Waals surface area contributed by atoms with Crippen molar-refractivity contribution in [3.05, 3.63) is 42.3 Å². The van der Waals surface area contributed by atoms with E-state index in [1.807, 2.05) is 0 Å². The third kappa shape index (κ3) is 3.95. The summed E-state index contributed by atoms with van der Waals surface area (Å²) in [6.07, 6.45) is 2.11. The minimum Gasteiger partial charge on any atom is -0.351 e. The summed E-state index contributed by atoms with van der Waals surface area (Å²) >= 11 is 0. The van der Waals surface area contributed by atoms with E-state index in [1.165, 1.54) is 16.8 Å². The van der Waals surface area contributed by atoms with E-state index >= 15 is 0 Å². The molecule has 0 unspecified atom stereocenters. The molecule has 0 saturated carbocycles. The van der Waals surface area contributed by atoms with Crippen molar-refractivity contribution < 1.29 is 17.6 Å². The normalized spacial score (nSPS) is 19.6. The molecule has 1 aliphatic rings. The van der Waals surface area contributed by atoms with Gasteiger partial charge in [0.1, 0.15) is 12.4 Å². The Hall–Kier alpha value is -2.22. The van der Waals surface area contributed by atoms with E-state index in [-0.39, 0.29) is 35.8 Å². The molecule has 6 nitrogen and oxygen atoms in total. The number of aromatic nitrogens is 2. The van der Waals surface area contributed by atoms with Crippen LogP contribution in [0.2, 0.25) is 0 Å². The highest BCUT2D eigenvalue weighted by molar-refractivity contribution is 7.91. The monoisotopic (exact) mass is 337 g/mol. The lowest BCUT2D eigenvalue weighted by Crippen LogP contribution is -2.37. The van der Waals surface area contributed by atoms with Gasteiger partial charge in [0.15, 0.2) is 9.84 Å². The second-order valence-electron chi connectivity index (χ2n) is 5.57. The van der Waals surface area contributed by atoms with Crippen LogP contribution in [0.5, 0.6) is 0 Å². The first kappa shape index (κ1) is 15.7. The van der Waals surface area contributed by atoms with Gasteiger partial charge in [-0.1, -0.05) is 0 Å². The summed E-state index contributed by atoms with van der Waals surface area (Å²) < 4.78 is 37.1. The van der Waals surface area contributed by atoms with Crippen LogP contribution in [-0.2, 0) is 21.2 Å². The first-order valence-electron chi connectivity index (χ1n) is 7.20. The fourth-order valence-corrected chi connectivity index (χ4v) is 4.23. The average Bonchev–Trinajstić information content (AvgIpc) is 3.06. The Balaban J connectivity index is 1.60. The largest absolute Gasteiger partial charge is 0.351 e. The second kappa shape index (κ2) is 6.11. The number of amides is 1. The molecule has 0 radical (unpaired) electrons. The molecule has 23 heavy (non-hydrogen) atoms. The Morgan fingerprint density at radius 1 is 1.30 bits per heavy atom. The van der Waals surface area contributed by atoms with Gasteiger partial charge in [0.2, 0.25) is 5.91 Å². The molecule has 1 aromatic carbocycles. The van der Waals surface area contributed by atoms with Crippen molar-refractivity contribution in [2.75, 3.05) is 11.5 Å². The Morgan fingerprint density at radius 3 is 2.70 bits per heavy atom. The first-order chi connectivity index (χ1) is 10.9. The summed E-state index contributed by atoms with van der Waals surface area (Å²) in [5.74, 6) is -0.479. The van der Waals surface area contributed by atoms with Crippen LogP contribution in [0, 0.1) is 5.82 Å². The van der Waals surface area contributed by atoms with Gasteiger partial charge in [-0.05, 0) is 36.8 Å². The molecule has 1 N–H and O–H groups in total. The predicted molar refractivity (Wildman–Crippen MR) is 82.8 cm³/mol. The van der Waals surface area contributed by atoms with Crippen LogP contribution in [-0.4, -0.2) is 41.7 Å². The summed E-state index contributed by atoms with van der Waals surface area (Å²) in [6, 6.07) is 7.35. The Bertz CT molecular complexity index is 815. The molecule has 0 bridgehead atoms. The van der Waals surface area contributed by atoms with E-state index in [1.54, 1.807) is 24.4 Å². The molecule has 1 amide bonds. The number of carbonyl (C=O) groups excluding carboxylic acids is 1. The molecule has 8 heteroatoms. The summed E-state index contributed by atoms with van der Waals surface area (Å²) in [5, 5.41) is 6.98. The maximum atomic E-state index is 12.9. The van der Waals surface area contributed by atoms with Gasteiger partial charge in [-0.15, -0.1) is 0 Å². The number of rotatable bonds is 4. The molecule has 2 heterocycles. The average molecular weight is 337 g/mol. The molecule has 122 valence electrons. The lowest BCUT2D eigenvalue weighted by molar-refractivity contribution is -0.122. The molecule has 0 spiro atoms. The Morgan fingerprint density at radius 2 is 2.04 bits per heavy atom. The van der Waals surface area contributed by atoms with Gasteiger partial charge in [-0.25, -0.2) is 12.8 Å². The first-order valence-corrected chi connectivity index (χ1v) is 9.03. The van der Waals surface area contributed by atoms with Gasteiger partial charge >= 0.3 is 0 Å². The number of hydrogen-bond acceptors (Lipinski definition) is 4. The van der Waals surface area contributed by atoms with E-state index in [4.69, 9.17) is 0 Å². The van der Waals surface area contributed by atoms with Crippen molar-refractivity contribution in [1.29, 1.82) is 0 Å². The lowest BCUT2D eigenvalue weighted by atomic mass is 10.1. The van der Waals surface area contributed by atoms with Crippen molar-refractivity contribution in [2.45, 2.75) is 19.0 Å². The van der Waals surface area contributed by atoms with Crippen molar-refractivity contribution >= 4 is 15.7 Å². The molecular formula is C15H16FN3O3S. The van der Waals surface area contributed by atoms with Crippen molar-refractivity contribution in [3.63, 3.8) is 0 Å². The minimum absolute atomic E-state index is 0.00131. The SMILES string of the molecule is O=C(Cn1ccc(-c2ccc(F)cc2)n1)N[C@@H]1CCS(=O)(=O)C1. The summed E-state index contributed by atoms with van der Waals surface area (Å²) in [7, 11) is -3.02. The fourth-order valence-electron chi connectivity index (χ4n) is 2.55. The van der Waals surface area contributed by atoms with E-state index < -0.39 is 9.84 Å². The molecule has 1 atom stereocenters. The smallest absolute Gasteiger partial charge is 0.241 e. The molecule has 2 aromatic rings. The summed E-state index contributed by atoms with van der Waals surface area (Å²) in [5.41, 5.74) is 1.40. The lowest BCUT2D eigenvalue weighted by Gasteiger charge is -2.10. The van der Waals surface area contributed by atoms with E-state index in [0.29, 0.717) is 12.1 Å². The minimum atomic E-state index is -3.02. The Kier molecular flexibility index (Phi) is 4.16. The van der Waals surface area contributed by atoms with Crippen LogP contribution >= 0.6 is 0 Å². The van der Waals surface area contributed by atoms with Gasteiger partial charge in [0.05, 0.1) is 17.2 Å². The summed E-state index contributed by atoms with van der Waals surface area (Å²) in [4.78, 5) is 12.0. The van der Waals surface area contributed by atoms with Crippen molar-refractivity contribution in [3.8, 4) is 11.3 Å². The highest BCUT2D eigenvalue weighted by Crippen LogP contribution is 2.17. The summed E-state index contributed by atoms with van der Waals surface area (Å²) in [6.45, 7) is 0.0116. The van der Waals surface area contributed by atoms with E-state index in [9.17, 15) is 17.6 Å². The quantitative estimate of drug-likeness (QED) is 0.902. The number of sulfone groups is 1. The van der Waals surface area contributed by atoms with Crippen LogP contribution in [0.15, 0.2) is 36.5 Å². The predicted octanol–water partition coefficient (Wildman–Crippen LogP) is 0.992. The van der Waals surface area contributed by atoms with E-state index in [2.05, 4.69) is 10.4 Å². The second-order valence-corrected chi connectivity index (χ2v) is 7.80. The van der Waals surface area contributed by atoms with E-state index in [0.717, 1.165) is 5.56 Å². The van der Waals surface area contributed by atoms with Crippen LogP contribution in [0.1, 0.15) is 6.42 Å². The highest BCUT2D eigenvalue weighted by atomic mass is 32.2. The number of nitrogens with one attached hydrogen (secondary N) is 1. The zero-order chi connectivity index (χ0) is 16.4. The molecule has 3 rings (SSSR count). The maximum absolute atomic E-state index is 12.9. The standard InChI is InChI=1S/C15H16FN3O3S/c16-12-3-1-11(2-4-12)14-5-7-19(18-14)9-15(20)17-13-6-8-23(21,22)10-13/h1-5,7,13H,6,8-10H2,(H,17,20)/t13-/m1/s1. The van der Waals surface area contributed by atoms with Crippen molar-refractivity contribution in [2.24, 2.45) is 0 Å². The Labute approximate surface area is 133 Å². The van der Waals surface area contributed by atoms with Gasteiger partial charge in [-0.3, -0.25) is 9.48 Å². The van der Waals surface area contributed by atoms with Crippen LogP contribution in [0.25, 0.3) is 11.3 Å². The molecular weight excluding hydrogens is 321 g/mol. The zero-order valence-corrected chi connectivity index (χ0v) is 13.1. The third-order valence-electron chi connectivity index (χ3n) is 3.68. The number of carbonyl (C=O) groups is 1. The molecule has 1 saturated heterocycles. The zero-order valence-electron chi connectivity index (χ0n) is 12.3.